The summed E-state index contributed by atoms with van der Waals surface area (Å²) >= 11 is 14.7. The molecule has 0 atom stereocenters. The van der Waals surface area contributed by atoms with Gasteiger partial charge in [0.05, 0.1) is 0 Å². The molecule has 0 unspecified atom stereocenters. The van der Waals surface area contributed by atoms with Crippen molar-refractivity contribution >= 4 is 51.0 Å². The summed E-state index contributed by atoms with van der Waals surface area (Å²) in [5.74, 6) is -0.580. The number of amides is 1. The molecule has 1 fully saturated rings. The molecule has 4 nitrogen and oxygen atoms in total. The minimum absolute atomic E-state index is 0. The highest BCUT2D eigenvalue weighted by molar-refractivity contribution is 9.10. The maximum atomic E-state index is 15.0. The number of likely N-dealkylation sites (tertiary alicyclic amines) is 1. The van der Waals surface area contributed by atoms with Gasteiger partial charge in [0.2, 0.25) is 0 Å². The number of hydrogen-bond acceptors (Lipinski definition) is 3. The van der Waals surface area contributed by atoms with Gasteiger partial charge in [0.15, 0.2) is 11.5 Å². The Hall–Kier alpha value is -1.63. The standard InChI is InChI=1S/C17H21ClFNO3.C6H4BrCl.CH4/c1-16(2,3)23-15(22)20-9-7-17(19,8-10-20)14(21)12-5-4-6-13(18)11-12;7-5-2-1-3-6(8)4-5;/h4-6,11H,7-10H2,1-3H3;1-4H;1H4. The van der Waals surface area contributed by atoms with Gasteiger partial charge in [-0.25, -0.2) is 9.18 Å². The summed E-state index contributed by atoms with van der Waals surface area (Å²) in [5, 5.41) is 1.16. The van der Waals surface area contributed by atoms with Crippen molar-refractivity contribution in [1.29, 1.82) is 0 Å². The van der Waals surface area contributed by atoms with Crippen LogP contribution >= 0.6 is 39.1 Å². The average molecular weight is 549 g/mol. The third kappa shape index (κ3) is 8.72. The number of halogens is 4. The fourth-order valence-electron chi connectivity index (χ4n) is 2.95. The number of carbonyl (C=O) groups excluding carboxylic acids is 2. The molecule has 0 aromatic heterocycles. The normalized spacial score (nSPS) is 15.0. The molecule has 1 heterocycles. The summed E-state index contributed by atoms with van der Waals surface area (Å²) in [6, 6.07) is 13.8. The Labute approximate surface area is 208 Å². The first kappa shape index (κ1) is 28.4. The van der Waals surface area contributed by atoms with Gasteiger partial charge < -0.3 is 9.64 Å². The van der Waals surface area contributed by atoms with Crippen LogP contribution in [0.3, 0.4) is 0 Å². The first-order valence-corrected chi connectivity index (χ1v) is 11.3. The van der Waals surface area contributed by atoms with Crippen molar-refractivity contribution in [3.63, 3.8) is 0 Å². The van der Waals surface area contributed by atoms with Crippen LogP contribution in [0, 0.1) is 0 Å². The van der Waals surface area contributed by atoms with Crippen LogP contribution in [0.25, 0.3) is 0 Å². The lowest BCUT2D eigenvalue weighted by Gasteiger charge is -2.36. The average Bonchev–Trinajstić information content (AvgIpc) is 2.67. The topological polar surface area (TPSA) is 46.6 Å². The number of nitrogens with zero attached hydrogens (tertiary/aromatic N) is 1. The Bertz CT molecular complexity index is 908. The zero-order valence-electron chi connectivity index (χ0n) is 17.6. The van der Waals surface area contributed by atoms with E-state index in [1.165, 1.54) is 11.0 Å². The molecular weight excluding hydrogens is 520 g/mol. The molecular formula is C24H29BrCl2FNO3. The van der Waals surface area contributed by atoms with E-state index in [1.807, 2.05) is 24.3 Å². The number of alkyl halides is 1. The maximum absolute atomic E-state index is 15.0. The summed E-state index contributed by atoms with van der Waals surface area (Å²) in [7, 11) is 0. The zero-order valence-corrected chi connectivity index (χ0v) is 20.7. The summed E-state index contributed by atoms with van der Waals surface area (Å²) in [6.45, 7) is 5.63. The van der Waals surface area contributed by atoms with E-state index < -0.39 is 23.1 Å². The number of rotatable bonds is 2. The monoisotopic (exact) mass is 547 g/mol. The molecule has 8 heteroatoms. The molecule has 1 amide bonds. The molecule has 0 saturated carbocycles. The number of Topliss-reactive ketones (excluding diaryl/α,β-unsaturated/α-hetero) is 1. The van der Waals surface area contributed by atoms with E-state index in [2.05, 4.69) is 15.9 Å². The van der Waals surface area contributed by atoms with Crippen LogP contribution in [0.2, 0.25) is 10.0 Å². The van der Waals surface area contributed by atoms with Gasteiger partial charge >= 0.3 is 6.09 Å². The van der Waals surface area contributed by atoms with E-state index in [0.29, 0.717) is 5.02 Å². The molecule has 0 N–H and O–H groups in total. The number of benzene rings is 2. The van der Waals surface area contributed by atoms with Crippen molar-refractivity contribution in [3.8, 4) is 0 Å². The fourth-order valence-corrected chi connectivity index (χ4v) is 3.86. The third-order valence-electron chi connectivity index (χ3n) is 4.49. The lowest BCUT2D eigenvalue weighted by molar-refractivity contribution is 0.00501. The van der Waals surface area contributed by atoms with Crippen molar-refractivity contribution in [1.82, 2.24) is 4.90 Å². The van der Waals surface area contributed by atoms with Crippen LogP contribution in [-0.4, -0.2) is 41.1 Å². The Balaban J connectivity index is 0.000000480. The molecule has 3 rings (SSSR count). The highest BCUT2D eigenvalue weighted by Crippen LogP contribution is 2.31. The summed E-state index contributed by atoms with van der Waals surface area (Å²) in [5.41, 5.74) is -2.31. The lowest BCUT2D eigenvalue weighted by atomic mass is 9.86. The van der Waals surface area contributed by atoms with Crippen LogP contribution in [-0.2, 0) is 4.74 Å². The molecule has 176 valence electrons. The lowest BCUT2D eigenvalue weighted by Crippen LogP contribution is -2.49. The van der Waals surface area contributed by atoms with Gasteiger partial charge in [-0.3, -0.25) is 4.79 Å². The van der Waals surface area contributed by atoms with Gasteiger partial charge in [-0.1, -0.05) is 64.8 Å². The minimum atomic E-state index is -1.97. The van der Waals surface area contributed by atoms with Gasteiger partial charge in [-0.2, -0.15) is 0 Å². The highest BCUT2D eigenvalue weighted by atomic mass is 79.9. The third-order valence-corrected chi connectivity index (χ3v) is 5.45. The van der Waals surface area contributed by atoms with Crippen molar-refractivity contribution in [2.24, 2.45) is 0 Å². The second-order valence-corrected chi connectivity index (χ2v) is 10.0. The predicted octanol–water partition coefficient (Wildman–Crippen LogP) is 8.00. The summed E-state index contributed by atoms with van der Waals surface area (Å²) < 4.78 is 21.3. The Morgan fingerprint density at radius 3 is 2.00 bits per heavy atom. The molecule has 32 heavy (non-hydrogen) atoms. The largest absolute Gasteiger partial charge is 0.444 e. The summed E-state index contributed by atoms with van der Waals surface area (Å²) in [4.78, 5) is 25.8. The van der Waals surface area contributed by atoms with E-state index >= 15 is 0 Å². The second kappa shape index (κ2) is 12.0. The van der Waals surface area contributed by atoms with E-state index in [1.54, 1.807) is 39.0 Å². The number of hydrogen-bond donors (Lipinski definition) is 0. The summed E-state index contributed by atoms with van der Waals surface area (Å²) in [6.07, 6.45) is -0.565. The fraction of sp³-hybridized carbons (Fsp3) is 0.417. The quantitative estimate of drug-likeness (QED) is 0.357. The minimum Gasteiger partial charge on any atom is -0.444 e. The molecule has 1 aliphatic rings. The van der Waals surface area contributed by atoms with Gasteiger partial charge in [0.1, 0.15) is 5.60 Å². The Morgan fingerprint density at radius 1 is 1.03 bits per heavy atom. The van der Waals surface area contributed by atoms with E-state index in [0.717, 1.165) is 9.50 Å². The van der Waals surface area contributed by atoms with Crippen LogP contribution in [0.15, 0.2) is 53.0 Å². The molecule has 0 aliphatic carbocycles. The van der Waals surface area contributed by atoms with Gasteiger partial charge in [0.25, 0.3) is 0 Å². The van der Waals surface area contributed by atoms with Crippen molar-refractivity contribution in [2.45, 2.75) is 52.3 Å². The van der Waals surface area contributed by atoms with Crippen LogP contribution in [0.5, 0.6) is 0 Å². The molecule has 1 saturated heterocycles. The van der Waals surface area contributed by atoms with Crippen molar-refractivity contribution < 1.29 is 18.7 Å². The van der Waals surface area contributed by atoms with E-state index in [4.69, 9.17) is 27.9 Å². The van der Waals surface area contributed by atoms with Gasteiger partial charge in [-0.05, 0) is 51.1 Å². The van der Waals surface area contributed by atoms with Crippen molar-refractivity contribution in [2.75, 3.05) is 13.1 Å². The van der Waals surface area contributed by atoms with E-state index in [9.17, 15) is 14.0 Å². The molecule has 0 bridgehead atoms. The van der Waals surface area contributed by atoms with Crippen LogP contribution in [0.4, 0.5) is 9.18 Å². The Kier molecular flexibility index (Phi) is 10.7. The molecule has 0 radical (unpaired) electrons. The highest BCUT2D eigenvalue weighted by Gasteiger charge is 2.43. The Morgan fingerprint density at radius 2 is 1.56 bits per heavy atom. The number of piperidine rings is 1. The first-order valence-electron chi connectivity index (χ1n) is 9.78. The van der Waals surface area contributed by atoms with Crippen molar-refractivity contribution in [3.05, 3.63) is 68.6 Å². The predicted molar refractivity (Wildman–Crippen MR) is 133 cm³/mol. The van der Waals surface area contributed by atoms with Gasteiger partial charge in [0, 0.05) is 46.0 Å². The first-order chi connectivity index (χ1) is 14.4. The number of carbonyl (C=O) groups is 2. The number of ketones is 1. The second-order valence-electron chi connectivity index (χ2n) is 8.21. The zero-order chi connectivity index (χ0) is 23.2. The van der Waals surface area contributed by atoms with Crippen LogP contribution < -0.4 is 0 Å². The molecule has 2 aromatic carbocycles. The molecule has 2 aromatic rings. The maximum Gasteiger partial charge on any atom is 0.410 e. The number of ether oxygens (including phenoxy) is 1. The van der Waals surface area contributed by atoms with Crippen LogP contribution in [0.1, 0.15) is 51.4 Å². The van der Waals surface area contributed by atoms with Gasteiger partial charge in [-0.15, -0.1) is 0 Å². The smallest absolute Gasteiger partial charge is 0.410 e. The SMILES string of the molecule is C.CC(C)(C)OC(=O)N1CCC(F)(C(=O)c2cccc(Cl)c2)CC1.Clc1cccc(Br)c1. The molecule has 1 aliphatic heterocycles. The van der Waals surface area contributed by atoms with E-state index in [-0.39, 0.29) is 38.9 Å². The molecule has 0 spiro atoms.